The van der Waals surface area contributed by atoms with Crippen molar-refractivity contribution in [3.05, 3.63) is 59.5 Å². The second kappa shape index (κ2) is 6.51. The molecule has 1 atom stereocenters. The van der Waals surface area contributed by atoms with E-state index in [0.717, 1.165) is 16.8 Å². The summed E-state index contributed by atoms with van der Waals surface area (Å²) >= 11 is 0. The lowest BCUT2D eigenvalue weighted by molar-refractivity contribution is -0.125. The molecule has 3 aromatic rings. The number of furan rings is 1. The average Bonchev–Trinajstić information content (AvgIpc) is 3.34. The molecule has 26 heavy (non-hydrogen) atoms. The number of aryl methyl sites for hydroxylation is 1. The Hall–Kier alpha value is -3.35. The summed E-state index contributed by atoms with van der Waals surface area (Å²) < 4.78 is 10.4. The number of nitrogens with zero attached hydrogens (tertiary/aromatic N) is 1. The summed E-state index contributed by atoms with van der Waals surface area (Å²) in [6, 6.07) is 11.0. The van der Waals surface area contributed by atoms with Crippen LogP contribution in [-0.2, 0) is 16.1 Å². The third kappa shape index (κ3) is 3.11. The smallest absolute Gasteiger partial charge is 0.232 e. The first-order valence-electron chi connectivity index (χ1n) is 8.28. The Kier molecular flexibility index (Phi) is 4.04. The lowest BCUT2D eigenvalue weighted by atomic mass is 9.95. The Balaban J connectivity index is 1.38. The van der Waals surface area contributed by atoms with E-state index in [2.05, 4.69) is 15.8 Å². The van der Waals surface area contributed by atoms with Crippen LogP contribution in [0.4, 0.5) is 5.69 Å². The number of hydrogen-bond acceptors (Lipinski definition) is 5. The molecule has 2 N–H and O–H groups in total. The molecule has 7 nitrogen and oxygen atoms in total. The number of aromatic nitrogens is 1. The molecular weight excluding hydrogens is 334 g/mol. The van der Waals surface area contributed by atoms with Crippen molar-refractivity contribution in [1.82, 2.24) is 10.5 Å². The van der Waals surface area contributed by atoms with Crippen molar-refractivity contribution in [3.63, 3.8) is 0 Å². The minimum atomic E-state index is -0.471. The first-order valence-corrected chi connectivity index (χ1v) is 8.28. The van der Waals surface area contributed by atoms with Gasteiger partial charge in [-0.05, 0) is 30.7 Å². The molecule has 0 fully saturated rings. The van der Waals surface area contributed by atoms with Gasteiger partial charge >= 0.3 is 0 Å². The first-order chi connectivity index (χ1) is 12.6. The third-order valence-corrected chi connectivity index (χ3v) is 4.34. The molecule has 3 heterocycles. The number of hydrogen-bond donors (Lipinski definition) is 2. The zero-order valence-corrected chi connectivity index (χ0v) is 14.1. The third-order valence-electron chi connectivity index (χ3n) is 4.34. The summed E-state index contributed by atoms with van der Waals surface area (Å²) in [7, 11) is 0. The molecule has 4 rings (SSSR count). The molecule has 0 unspecified atom stereocenters. The van der Waals surface area contributed by atoms with Crippen molar-refractivity contribution in [1.29, 1.82) is 0 Å². The van der Waals surface area contributed by atoms with Crippen LogP contribution in [0, 0.1) is 6.92 Å². The van der Waals surface area contributed by atoms with Crippen LogP contribution in [0.2, 0.25) is 0 Å². The number of fused-ring (bicyclic) bond motifs is 1. The minimum Gasteiger partial charge on any atom is -0.461 e. The molecule has 0 saturated carbocycles. The SMILES string of the molecule is Cc1ccc2c(c1)[C@@H](CC(=O)NCc1cc(-c3ccco3)on1)C(=O)N2. The highest BCUT2D eigenvalue weighted by atomic mass is 16.5. The van der Waals surface area contributed by atoms with Crippen LogP contribution in [0.5, 0.6) is 0 Å². The Morgan fingerprint density at radius 3 is 2.96 bits per heavy atom. The zero-order chi connectivity index (χ0) is 18.1. The van der Waals surface area contributed by atoms with Crippen LogP contribution in [-0.4, -0.2) is 17.0 Å². The molecule has 0 bridgehead atoms. The summed E-state index contributed by atoms with van der Waals surface area (Å²) in [5, 5.41) is 9.50. The quantitative estimate of drug-likeness (QED) is 0.736. The molecule has 2 amide bonds. The van der Waals surface area contributed by atoms with Crippen LogP contribution in [0.25, 0.3) is 11.5 Å². The molecule has 0 saturated heterocycles. The van der Waals surface area contributed by atoms with Gasteiger partial charge in [0.2, 0.25) is 17.6 Å². The molecule has 2 aromatic heterocycles. The number of amides is 2. The summed E-state index contributed by atoms with van der Waals surface area (Å²) in [5.41, 5.74) is 3.28. The van der Waals surface area contributed by atoms with E-state index in [1.165, 1.54) is 0 Å². The molecule has 7 heteroatoms. The second-order valence-corrected chi connectivity index (χ2v) is 6.27. The summed E-state index contributed by atoms with van der Waals surface area (Å²) in [4.78, 5) is 24.4. The van der Waals surface area contributed by atoms with Gasteiger partial charge < -0.3 is 19.6 Å². The van der Waals surface area contributed by atoms with Crippen molar-refractivity contribution in [3.8, 4) is 11.5 Å². The first kappa shape index (κ1) is 16.1. The highest BCUT2D eigenvalue weighted by molar-refractivity contribution is 6.05. The van der Waals surface area contributed by atoms with Crippen LogP contribution < -0.4 is 10.6 Å². The highest BCUT2D eigenvalue weighted by Gasteiger charge is 2.32. The van der Waals surface area contributed by atoms with Gasteiger partial charge in [-0.25, -0.2) is 0 Å². The van der Waals surface area contributed by atoms with E-state index in [1.807, 2.05) is 25.1 Å². The number of benzene rings is 1. The van der Waals surface area contributed by atoms with E-state index in [4.69, 9.17) is 8.94 Å². The van der Waals surface area contributed by atoms with Gasteiger partial charge in [-0.15, -0.1) is 0 Å². The van der Waals surface area contributed by atoms with Crippen LogP contribution in [0.1, 0.15) is 29.2 Å². The number of nitrogens with one attached hydrogen (secondary N) is 2. The Labute approximate surface area is 149 Å². The molecule has 1 aliphatic rings. The Morgan fingerprint density at radius 1 is 1.27 bits per heavy atom. The summed E-state index contributed by atoms with van der Waals surface area (Å²) in [5.74, 6) is 0.230. The molecule has 0 radical (unpaired) electrons. The van der Waals surface area contributed by atoms with Crippen LogP contribution in [0.15, 0.2) is 51.6 Å². The Morgan fingerprint density at radius 2 is 2.15 bits per heavy atom. The largest absolute Gasteiger partial charge is 0.461 e. The summed E-state index contributed by atoms with van der Waals surface area (Å²) in [6.45, 7) is 2.18. The molecule has 132 valence electrons. The monoisotopic (exact) mass is 351 g/mol. The van der Waals surface area contributed by atoms with Gasteiger partial charge in [-0.1, -0.05) is 22.9 Å². The predicted molar refractivity (Wildman–Crippen MR) is 93.2 cm³/mol. The van der Waals surface area contributed by atoms with Crippen molar-refractivity contribution in [2.45, 2.75) is 25.8 Å². The topological polar surface area (TPSA) is 97.4 Å². The second-order valence-electron chi connectivity index (χ2n) is 6.27. The van der Waals surface area contributed by atoms with Gasteiger partial charge in [-0.2, -0.15) is 0 Å². The van der Waals surface area contributed by atoms with E-state index in [1.54, 1.807) is 24.5 Å². The van der Waals surface area contributed by atoms with Gasteiger partial charge in [0.1, 0.15) is 5.69 Å². The normalized spacial score (nSPS) is 15.6. The molecular formula is C19H17N3O4. The lowest BCUT2D eigenvalue weighted by Crippen LogP contribution is -2.26. The van der Waals surface area contributed by atoms with Crippen molar-refractivity contribution in [2.75, 3.05) is 5.32 Å². The van der Waals surface area contributed by atoms with Crippen LogP contribution in [0.3, 0.4) is 0 Å². The fourth-order valence-corrected chi connectivity index (χ4v) is 3.02. The maximum absolute atomic E-state index is 12.3. The Bertz CT molecular complexity index is 959. The number of rotatable bonds is 5. The van der Waals surface area contributed by atoms with E-state index >= 15 is 0 Å². The molecule has 1 aliphatic heterocycles. The van der Waals surface area contributed by atoms with Gasteiger partial charge in [0.15, 0.2) is 5.76 Å². The average molecular weight is 351 g/mol. The summed E-state index contributed by atoms with van der Waals surface area (Å²) in [6.07, 6.45) is 1.64. The molecule has 0 spiro atoms. The zero-order valence-electron chi connectivity index (χ0n) is 14.1. The fourth-order valence-electron chi connectivity index (χ4n) is 3.02. The van der Waals surface area contributed by atoms with E-state index in [0.29, 0.717) is 17.2 Å². The van der Waals surface area contributed by atoms with Crippen molar-refractivity contribution >= 4 is 17.5 Å². The predicted octanol–water partition coefficient (Wildman–Crippen LogP) is 2.99. The lowest BCUT2D eigenvalue weighted by Gasteiger charge is -2.09. The number of carbonyl (C=O) groups excluding carboxylic acids is 2. The van der Waals surface area contributed by atoms with E-state index in [9.17, 15) is 9.59 Å². The van der Waals surface area contributed by atoms with Crippen molar-refractivity contribution in [2.24, 2.45) is 0 Å². The van der Waals surface area contributed by atoms with E-state index in [-0.39, 0.29) is 24.8 Å². The maximum atomic E-state index is 12.3. The van der Waals surface area contributed by atoms with Gasteiger partial charge in [-0.3, -0.25) is 9.59 Å². The van der Waals surface area contributed by atoms with Gasteiger partial charge in [0.25, 0.3) is 0 Å². The molecule has 1 aromatic carbocycles. The van der Waals surface area contributed by atoms with E-state index < -0.39 is 5.92 Å². The molecule has 0 aliphatic carbocycles. The number of anilines is 1. The van der Waals surface area contributed by atoms with Crippen molar-refractivity contribution < 1.29 is 18.5 Å². The van der Waals surface area contributed by atoms with Gasteiger partial charge in [0.05, 0.1) is 18.7 Å². The highest BCUT2D eigenvalue weighted by Crippen LogP contribution is 2.35. The minimum absolute atomic E-state index is 0.0885. The standard InChI is InChI=1S/C19H17N3O4/c1-11-4-5-15-13(7-11)14(19(24)21-15)9-18(23)20-10-12-8-17(26-22-12)16-3-2-6-25-16/h2-8,14H,9-10H2,1H3,(H,20,23)(H,21,24)/t14-/m1/s1. The van der Waals surface area contributed by atoms with Gasteiger partial charge in [0, 0.05) is 18.2 Å². The number of carbonyl (C=O) groups is 2. The maximum Gasteiger partial charge on any atom is 0.232 e. The fraction of sp³-hybridized carbons (Fsp3) is 0.211. The van der Waals surface area contributed by atoms with Crippen LogP contribution >= 0.6 is 0 Å².